The van der Waals surface area contributed by atoms with E-state index < -0.39 is 0 Å². The van der Waals surface area contributed by atoms with Crippen LogP contribution in [0.15, 0.2) is 18.2 Å². The number of para-hydroxylation sites is 1. The van der Waals surface area contributed by atoms with Gasteiger partial charge in [0.05, 0.1) is 24.6 Å². The number of rotatable bonds is 5. The number of alkyl halides is 1. The largest absolute Gasteiger partial charge is 0.492 e. The van der Waals surface area contributed by atoms with Gasteiger partial charge in [-0.25, -0.2) is 4.98 Å². The Morgan fingerprint density at radius 1 is 1.50 bits per heavy atom. The first kappa shape index (κ1) is 13.7. The molecule has 1 atom stereocenters. The molecular weight excluding hydrogens is 276 g/mol. The summed E-state index contributed by atoms with van der Waals surface area (Å²) in [6.45, 7) is 5.21. The van der Waals surface area contributed by atoms with Gasteiger partial charge in [-0.2, -0.15) is 0 Å². The monoisotopic (exact) mass is 294 g/mol. The molecule has 1 aliphatic rings. The van der Waals surface area contributed by atoms with Gasteiger partial charge >= 0.3 is 0 Å². The maximum atomic E-state index is 6.06. The van der Waals surface area contributed by atoms with Gasteiger partial charge in [-0.1, -0.05) is 6.07 Å². The highest BCUT2D eigenvalue weighted by atomic mass is 35.5. The number of aromatic nitrogens is 2. The Kier molecular flexibility index (Phi) is 4.13. The Morgan fingerprint density at radius 3 is 3.10 bits per heavy atom. The lowest BCUT2D eigenvalue weighted by Gasteiger charge is -2.12. The predicted molar refractivity (Wildman–Crippen MR) is 79.4 cm³/mol. The number of hydrogen-bond acceptors (Lipinski definition) is 3. The molecule has 1 aromatic heterocycles. The van der Waals surface area contributed by atoms with Crippen molar-refractivity contribution in [2.45, 2.75) is 25.8 Å². The molecule has 3 rings (SSSR count). The second-order valence-electron chi connectivity index (χ2n) is 5.06. The number of imidazole rings is 1. The van der Waals surface area contributed by atoms with Gasteiger partial charge in [0, 0.05) is 19.1 Å². The molecule has 0 bridgehead atoms. The smallest absolute Gasteiger partial charge is 0.147 e. The van der Waals surface area contributed by atoms with Crippen molar-refractivity contribution in [2.75, 3.05) is 19.8 Å². The van der Waals surface area contributed by atoms with Gasteiger partial charge in [0.2, 0.25) is 0 Å². The molecule has 5 heteroatoms. The molecule has 0 aliphatic carbocycles. The van der Waals surface area contributed by atoms with Crippen LogP contribution in [-0.4, -0.2) is 29.4 Å². The minimum Gasteiger partial charge on any atom is -0.492 e. The van der Waals surface area contributed by atoms with E-state index in [9.17, 15) is 0 Å². The Hall–Kier alpha value is -1.26. The summed E-state index contributed by atoms with van der Waals surface area (Å²) in [6, 6.07) is 6.05. The van der Waals surface area contributed by atoms with E-state index in [2.05, 4.69) is 15.6 Å². The molecule has 4 nitrogen and oxygen atoms in total. The Labute approximate surface area is 123 Å². The van der Waals surface area contributed by atoms with E-state index in [-0.39, 0.29) is 0 Å². The zero-order valence-electron chi connectivity index (χ0n) is 11.6. The third-order valence-corrected chi connectivity index (χ3v) is 3.94. The first-order valence-corrected chi connectivity index (χ1v) is 7.61. The molecule has 0 amide bonds. The standard InChI is InChI=1S/C15H19ClN2O2/c1-2-20-13-5-3-4-12-15(13)17-14(8-16)18(12)9-11-6-7-19-10-11/h3-5,11H,2,6-10H2,1H3. The lowest BCUT2D eigenvalue weighted by atomic mass is 10.1. The van der Waals surface area contributed by atoms with Gasteiger partial charge < -0.3 is 14.0 Å². The van der Waals surface area contributed by atoms with Gasteiger partial charge in [-0.3, -0.25) is 0 Å². The summed E-state index contributed by atoms with van der Waals surface area (Å²) in [6.07, 6.45) is 1.10. The Balaban J connectivity index is 2.02. The fourth-order valence-electron chi connectivity index (χ4n) is 2.73. The number of hydrogen-bond donors (Lipinski definition) is 0. The van der Waals surface area contributed by atoms with Crippen LogP contribution in [0.5, 0.6) is 5.75 Å². The van der Waals surface area contributed by atoms with Crippen molar-refractivity contribution in [3.63, 3.8) is 0 Å². The van der Waals surface area contributed by atoms with Crippen LogP contribution < -0.4 is 4.74 Å². The van der Waals surface area contributed by atoms with Gasteiger partial charge in [0.25, 0.3) is 0 Å². The van der Waals surface area contributed by atoms with Crippen molar-refractivity contribution in [3.05, 3.63) is 24.0 Å². The summed E-state index contributed by atoms with van der Waals surface area (Å²) in [5, 5.41) is 0. The van der Waals surface area contributed by atoms with Crippen LogP contribution in [0.2, 0.25) is 0 Å². The van der Waals surface area contributed by atoms with E-state index in [0.29, 0.717) is 18.4 Å². The molecule has 108 valence electrons. The molecule has 1 aliphatic heterocycles. The zero-order chi connectivity index (χ0) is 13.9. The third-order valence-electron chi connectivity index (χ3n) is 3.71. The van der Waals surface area contributed by atoms with Crippen molar-refractivity contribution in [1.82, 2.24) is 9.55 Å². The molecule has 0 saturated carbocycles. The molecule has 20 heavy (non-hydrogen) atoms. The molecule has 0 radical (unpaired) electrons. The van der Waals surface area contributed by atoms with Crippen LogP contribution in [0.25, 0.3) is 11.0 Å². The minimum absolute atomic E-state index is 0.411. The minimum atomic E-state index is 0.411. The SMILES string of the molecule is CCOc1cccc2c1nc(CCl)n2CC1CCOC1. The number of fused-ring (bicyclic) bond motifs is 1. The molecule has 1 unspecified atom stereocenters. The zero-order valence-corrected chi connectivity index (χ0v) is 12.4. The van der Waals surface area contributed by atoms with E-state index in [1.807, 2.05) is 19.1 Å². The number of nitrogens with zero attached hydrogens (tertiary/aromatic N) is 2. The molecule has 2 aromatic rings. The van der Waals surface area contributed by atoms with E-state index in [1.165, 1.54) is 0 Å². The molecule has 1 saturated heterocycles. The quantitative estimate of drug-likeness (QED) is 0.795. The summed E-state index contributed by atoms with van der Waals surface area (Å²) < 4.78 is 13.3. The summed E-state index contributed by atoms with van der Waals surface area (Å²) >= 11 is 6.06. The highest BCUT2D eigenvalue weighted by molar-refractivity contribution is 6.16. The highest BCUT2D eigenvalue weighted by Crippen LogP contribution is 2.28. The topological polar surface area (TPSA) is 36.3 Å². The first-order valence-electron chi connectivity index (χ1n) is 7.08. The number of ether oxygens (including phenoxy) is 2. The van der Waals surface area contributed by atoms with E-state index in [0.717, 1.165) is 48.8 Å². The van der Waals surface area contributed by atoms with Crippen molar-refractivity contribution >= 4 is 22.6 Å². The molecule has 0 N–H and O–H groups in total. The Morgan fingerprint density at radius 2 is 2.40 bits per heavy atom. The fourth-order valence-corrected chi connectivity index (χ4v) is 2.94. The van der Waals surface area contributed by atoms with E-state index >= 15 is 0 Å². The molecule has 1 aromatic carbocycles. The summed E-state index contributed by atoms with van der Waals surface area (Å²) in [4.78, 5) is 4.66. The maximum Gasteiger partial charge on any atom is 0.147 e. The second-order valence-corrected chi connectivity index (χ2v) is 5.33. The van der Waals surface area contributed by atoms with Gasteiger partial charge in [-0.05, 0) is 25.5 Å². The summed E-state index contributed by atoms with van der Waals surface area (Å²) in [5.41, 5.74) is 2.00. The molecular formula is C15H19ClN2O2. The average molecular weight is 295 g/mol. The summed E-state index contributed by atoms with van der Waals surface area (Å²) in [5.74, 6) is 2.69. The molecule has 1 fully saturated rings. The summed E-state index contributed by atoms with van der Waals surface area (Å²) in [7, 11) is 0. The third kappa shape index (κ3) is 2.50. The van der Waals surface area contributed by atoms with Crippen molar-refractivity contribution < 1.29 is 9.47 Å². The van der Waals surface area contributed by atoms with Gasteiger partial charge in [-0.15, -0.1) is 11.6 Å². The number of halogens is 1. The average Bonchev–Trinajstić information content (AvgIpc) is 3.08. The molecule has 0 spiro atoms. The lowest BCUT2D eigenvalue weighted by Crippen LogP contribution is -2.12. The first-order chi connectivity index (χ1) is 9.83. The van der Waals surface area contributed by atoms with Crippen LogP contribution >= 0.6 is 11.6 Å². The highest BCUT2D eigenvalue weighted by Gasteiger charge is 2.20. The normalized spacial score (nSPS) is 18.8. The van der Waals surface area contributed by atoms with Crippen LogP contribution in [0, 0.1) is 5.92 Å². The van der Waals surface area contributed by atoms with Crippen LogP contribution in [0.1, 0.15) is 19.2 Å². The van der Waals surface area contributed by atoms with Gasteiger partial charge in [0.15, 0.2) is 0 Å². The molecule has 2 heterocycles. The van der Waals surface area contributed by atoms with E-state index in [1.54, 1.807) is 0 Å². The van der Waals surface area contributed by atoms with Crippen molar-refractivity contribution in [2.24, 2.45) is 5.92 Å². The second kappa shape index (κ2) is 6.02. The van der Waals surface area contributed by atoms with E-state index in [4.69, 9.17) is 21.1 Å². The fraction of sp³-hybridized carbons (Fsp3) is 0.533. The van der Waals surface area contributed by atoms with Crippen LogP contribution in [0.4, 0.5) is 0 Å². The van der Waals surface area contributed by atoms with Crippen LogP contribution in [0.3, 0.4) is 0 Å². The predicted octanol–water partition coefficient (Wildman–Crippen LogP) is 3.21. The van der Waals surface area contributed by atoms with Crippen LogP contribution in [-0.2, 0) is 17.2 Å². The van der Waals surface area contributed by atoms with Crippen molar-refractivity contribution in [3.8, 4) is 5.75 Å². The number of benzene rings is 1. The van der Waals surface area contributed by atoms with Crippen molar-refractivity contribution in [1.29, 1.82) is 0 Å². The maximum absolute atomic E-state index is 6.06. The Bertz CT molecular complexity index is 591. The van der Waals surface area contributed by atoms with Gasteiger partial charge in [0.1, 0.15) is 17.1 Å². The lowest BCUT2D eigenvalue weighted by molar-refractivity contribution is 0.182.